The van der Waals surface area contributed by atoms with Crippen molar-refractivity contribution in [3.8, 4) is 0 Å². The van der Waals surface area contributed by atoms with Crippen LogP contribution in [0.1, 0.15) is 41.5 Å². The molecule has 2 N–H and O–H groups in total. The van der Waals surface area contributed by atoms with E-state index >= 15 is 0 Å². The number of fused-ring (bicyclic) bond motifs is 3. The SMILES string of the molecule is CC(C)=C[C@@H](O)[C@]12O[C@@H]1C(=O)C1=C(C2=O)[C@H]2O[C@H](C)[C@@H]1[C@@H]1[C@H](C)OC=C3C(=O)[C@@]4([C@H](O)C=C(C)C)O[C@@H]4C(=O)[C@@]312. The molecule has 0 radical (unpaired) electrons. The van der Waals surface area contributed by atoms with Gasteiger partial charge in [-0.1, -0.05) is 23.3 Å². The number of hydrogen-bond acceptors (Lipinski definition) is 10. The third-order valence-corrected chi connectivity index (χ3v) is 9.92. The molecular formula is C30H32O10. The molecule has 10 heteroatoms. The minimum absolute atomic E-state index is 0.0153. The Morgan fingerprint density at radius 3 is 2.00 bits per heavy atom. The second-order valence-corrected chi connectivity index (χ2v) is 12.7. The summed E-state index contributed by atoms with van der Waals surface area (Å²) in [5, 5.41) is 22.0. The van der Waals surface area contributed by atoms with Crippen LogP contribution in [0.25, 0.3) is 0 Å². The molecule has 0 unspecified atom stereocenters. The minimum Gasteiger partial charge on any atom is -0.498 e. The fourth-order valence-corrected chi connectivity index (χ4v) is 8.27. The number of epoxide rings is 2. The second-order valence-electron chi connectivity index (χ2n) is 12.7. The van der Waals surface area contributed by atoms with Crippen molar-refractivity contribution in [1.29, 1.82) is 0 Å². The molecule has 12 atom stereocenters. The Morgan fingerprint density at radius 2 is 1.40 bits per heavy atom. The molecule has 1 spiro atoms. The summed E-state index contributed by atoms with van der Waals surface area (Å²) in [5.74, 6) is -3.55. The molecule has 2 bridgehead atoms. The number of allylic oxidation sites excluding steroid dienone is 2. The van der Waals surface area contributed by atoms with Crippen molar-refractivity contribution >= 4 is 23.1 Å². The van der Waals surface area contributed by atoms with E-state index in [2.05, 4.69) is 0 Å². The highest BCUT2D eigenvalue weighted by Crippen LogP contribution is 2.69. The van der Waals surface area contributed by atoms with Crippen molar-refractivity contribution in [3.05, 3.63) is 46.3 Å². The summed E-state index contributed by atoms with van der Waals surface area (Å²) in [5.41, 5.74) is -3.57. The molecule has 0 aromatic rings. The molecule has 1 saturated carbocycles. The van der Waals surface area contributed by atoms with E-state index in [4.69, 9.17) is 18.9 Å². The minimum atomic E-state index is -1.80. The highest BCUT2D eigenvalue weighted by molar-refractivity contribution is 6.26. The smallest absolute Gasteiger partial charge is 0.201 e. The van der Waals surface area contributed by atoms with Gasteiger partial charge in [0.25, 0.3) is 0 Å². The molecule has 8 aliphatic rings. The molecule has 8 rings (SSSR count). The summed E-state index contributed by atoms with van der Waals surface area (Å²) in [6.45, 7) is 10.6. The normalized spacial score (nSPS) is 47.0. The van der Waals surface area contributed by atoms with Crippen molar-refractivity contribution in [1.82, 2.24) is 0 Å². The summed E-state index contributed by atoms with van der Waals surface area (Å²) < 4.78 is 23.8. The molecule has 0 aromatic heterocycles. The van der Waals surface area contributed by atoms with Crippen molar-refractivity contribution in [3.63, 3.8) is 0 Å². The van der Waals surface area contributed by atoms with Crippen LogP contribution in [-0.2, 0) is 38.1 Å². The number of carbonyl (C=O) groups is 4. The van der Waals surface area contributed by atoms with Crippen LogP contribution in [0.5, 0.6) is 0 Å². The molecule has 5 aliphatic heterocycles. The maximum absolute atomic E-state index is 14.6. The van der Waals surface area contributed by atoms with Crippen LogP contribution in [0.2, 0.25) is 0 Å². The monoisotopic (exact) mass is 552 g/mol. The molecule has 10 nitrogen and oxygen atoms in total. The fraction of sp³-hybridized carbons (Fsp3) is 0.600. The average molecular weight is 553 g/mol. The van der Waals surface area contributed by atoms with Gasteiger partial charge in [-0.15, -0.1) is 0 Å². The standard InChI is InChI=1S/C30H32O10/c1-10(2)7-15(31)29-22(34)14-9-37-13(6)20-17-12(5)38-25(28(14,20)24(36)27(29)40-29)19-18(17)21(33)26-30(39-26,23(19)35)16(32)8-11(3)4/h7-9,12-13,15-17,20,25-27,31-32H,1-6H3/t12-,13+,15-,16-,17+,20+,25-,26-,27-,28-,29-,30-/m1/s1. The van der Waals surface area contributed by atoms with Crippen LogP contribution < -0.4 is 0 Å². The van der Waals surface area contributed by atoms with E-state index in [1.165, 1.54) is 18.4 Å². The Labute approximate surface area is 230 Å². The number of rotatable bonds is 4. The zero-order valence-electron chi connectivity index (χ0n) is 23.1. The van der Waals surface area contributed by atoms with Gasteiger partial charge in [-0.3, -0.25) is 19.2 Å². The Balaban J connectivity index is 1.42. The van der Waals surface area contributed by atoms with Crippen LogP contribution in [0.4, 0.5) is 0 Å². The maximum Gasteiger partial charge on any atom is 0.201 e. The quantitative estimate of drug-likeness (QED) is 0.379. The first kappa shape index (κ1) is 26.2. The number of carbonyl (C=O) groups excluding carboxylic acids is 4. The highest BCUT2D eigenvalue weighted by atomic mass is 16.6. The molecule has 40 heavy (non-hydrogen) atoms. The first-order valence-electron chi connectivity index (χ1n) is 13.7. The van der Waals surface area contributed by atoms with Gasteiger partial charge < -0.3 is 29.2 Å². The highest BCUT2D eigenvalue weighted by Gasteiger charge is 2.86. The zero-order valence-corrected chi connectivity index (χ0v) is 23.1. The lowest BCUT2D eigenvalue weighted by Gasteiger charge is -2.62. The zero-order chi connectivity index (χ0) is 28.8. The number of ether oxygens (including phenoxy) is 4. The van der Waals surface area contributed by atoms with Gasteiger partial charge in [0.1, 0.15) is 23.7 Å². The van der Waals surface area contributed by atoms with Crippen LogP contribution >= 0.6 is 0 Å². The van der Waals surface area contributed by atoms with Gasteiger partial charge in [0.05, 0.1) is 24.0 Å². The van der Waals surface area contributed by atoms with Crippen LogP contribution in [-0.4, -0.2) is 87.3 Å². The summed E-state index contributed by atoms with van der Waals surface area (Å²) in [6, 6.07) is 0. The third-order valence-electron chi connectivity index (χ3n) is 9.92. The number of ketones is 4. The van der Waals surface area contributed by atoms with Gasteiger partial charge in [-0.25, -0.2) is 0 Å². The topological polar surface area (TPSA) is 152 Å². The van der Waals surface area contributed by atoms with Crippen molar-refractivity contribution in [2.45, 2.75) is 95.5 Å². The van der Waals surface area contributed by atoms with Gasteiger partial charge in [0.2, 0.25) is 5.78 Å². The molecule has 3 aliphatic carbocycles. The number of hydrogen-bond donors (Lipinski definition) is 2. The first-order valence-corrected chi connectivity index (χ1v) is 13.7. The van der Waals surface area contributed by atoms with E-state index < -0.39 is 94.3 Å². The Morgan fingerprint density at radius 1 is 0.825 bits per heavy atom. The van der Waals surface area contributed by atoms with Gasteiger partial charge in [0, 0.05) is 23.0 Å². The van der Waals surface area contributed by atoms with Crippen LogP contribution in [0.15, 0.2) is 46.3 Å². The molecular weight excluding hydrogens is 520 g/mol. The van der Waals surface area contributed by atoms with E-state index in [1.54, 1.807) is 41.5 Å². The lowest BCUT2D eigenvalue weighted by atomic mass is 9.44. The first-order chi connectivity index (χ1) is 18.8. The summed E-state index contributed by atoms with van der Waals surface area (Å²) >= 11 is 0. The maximum atomic E-state index is 14.6. The molecule has 212 valence electrons. The van der Waals surface area contributed by atoms with Crippen molar-refractivity contribution < 1.29 is 48.3 Å². The second kappa shape index (κ2) is 7.74. The van der Waals surface area contributed by atoms with Crippen molar-refractivity contribution in [2.24, 2.45) is 17.3 Å². The number of Topliss-reactive ketones (excluding diaryl/α,β-unsaturated/α-hetero) is 4. The van der Waals surface area contributed by atoms with E-state index in [-0.39, 0.29) is 16.7 Å². The third kappa shape index (κ3) is 2.68. The molecule has 5 heterocycles. The fourth-order valence-electron chi connectivity index (χ4n) is 8.27. The Kier molecular flexibility index (Phi) is 5.06. The molecule has 4 fully saturated rings. The van der Waals surface area contributed by atoms with Crippen LogP contribution in [0, 0.1) is 17.3 Å². The van der Waals surface area contributed by atoms with Gasteiger partial charge in [-0.2, -0.15) is 0 Å². The largest absolute Gasteiger partial charge is 0.498 e. The molecule has 0 amide bonds. The van der Waals surface area contributed by atoms with Gasteiger partial charge >= 0.3 is 0 Å². The lowest BCUT2D eigenvalue weighted by molar-refractivity contribution is -0.205. The van der Waals surface area contributed by atoms with Crippen molar-refractivity contribution in [2.75, 3.05) is 0 Å². The predicted molar refractivity (Wildman–Crippen MR) is 136 cm³/mol. The van der Waals surface area contributed by atoms with E-state index in [9.17, 15) is 29.4 Å². The average Bonchev–Trinajstić information content (AvgIpc) is 3.78. The number of aliphatic hydroxyl groups excluding tert-OH is 2. The van der Waals surface area contributed by atoms with Crippen LogP contribution in [0.3, 0.4) is 0 Å². The van der Waals surface area contributed by atoms with E-state index in [1.807, 2.05) is 0 Å². The Hall–Kier alpha value is -2.76. The molecule has 0 aromatic carbocycles. The predicted octanol–water partition coefficient (Wildman–Crippen LogP) is 0.838. The summed E-state index contributed by atoms with van der Waals surface area (Å²) in [4.78, 5) is 56.9. The number of aliphatic hydroxyl groups is 2. The summed E-state index contributed by atoms with van der Waals surface area (Å²) in [7, 11) is 0. The van der Waals surface area contributed by atoms with E-state index in [0.717, 1.165) is 11.1 Å². The van der Waals surface area contributed by atoms with Gasteiger partial charge in [0.15, 0.2) is 40.8 Å². The molecule has 3 saturated heterocycles. The Bertz CT molecular complexity index is 1440. The lowest BCUT2D eigenvalue weighted by Crippen LogP contribution is -2.73. The van der Waals surface area contributed by atoms with Gasteiger partial charge in [-0.05, 0) is 41.5 Å². The van der Waals surface area contributed by atoms with E-state index in [0.29, 0.717) is 0 Å². The summed E-state index contributed by atoms with van der Waals surface area (Å²) in [6.07, 6.45) is -3.41.